The maximum absolute atomic E-state index is 6.10. The van der Waals surface area contributed by atoms with Gasteiger partial charge in [0, 0.05) is 19.6 Å². The van der Waals surface area contributed by atoms with Crippen molar-refractivity contribution in [3.8, 4) is 0 Å². The molecule has 2 nitrogen and oxygen atoms in total. The number of unbranched alkanes of at least 4 members (excludes halogenated alkanes) is 1. The Hall–Kier alpha value is -0.570. The Balaban J connectivity index is 2.46. The molecule has 1 atom stereocenters. The number of halogens is 1. The molecule has 0 aliphatic rings. The number of benzene rings is 1. The fourth-order valence-corrected chi connectivity index (χ4v) is 2.02. The van der Waals surface area contributed by atoms with E-state index in [1.807, 2.05) is 18.2 Å². The summed E-state index contributed by atoms with van der Waals surface area (Å²) < 4.78 is 5.03. The van der Waals surface area contributed by atoms with Crippen molar-refractivity contribution in [1.82, 2.24) is 5.32 Å². The van der Waals surface area contributed by atoms with Crippen LogP contribution in [0.1, 0.15) is 25.3 Å². The standard InChI is InChI=1S/C14H22ClNO/c1-14(12-15,13-8-4-3-5-9-13)16-10-6-7-11-17-2/h3-5,8-9,16H,6-7,10-12H2,1-2H3. The fourth-order valence-electron chi connectivity index (χ4n) is 1.77. The minimum absolute atomic E-state index is 0.143. The van der Waals surface area contributed by atoms with Crippen LogP contribution in [0.2, 0.25) is 0 Å². The van der Waals surface area contributed by atoms with E-state index >= 15 is 0 Å². The minimum Gasteiger partial charge on any atom is -0.385 e. The Kier molecular flexibility index (Phi) is 6.56. The van der Waals surface area contributed by atoms with Gasteiger partial charge in [-0.1, -0.05) is 30.3 Å². The molecule has 0 radical (unpaired) electrons. The summed E-state index contributed by atoms with van der Waals surface area (Å²) >= 11 is 6.10. The van der Waals surface area contributed by atoms with Gasteiger partial charge >= 0.3 is 0 Å². The molecule has 0 aliphatic carbocycles. The Labute approximate surface area is 109 Å². The lowest BCUT2D eigenvalue weighted by atomic mass is 9.94. The molecule has 0 amide bonds. The van der Waals surface area contributed by atoms with Crippen LogP contribution < -0.4 is 5.32 Å². The fraction of sp³-hybridized carbons (Fsp3) is 0.571. The second-order valence-corrected chi connectivity index (χ2v) is 4.73. The van der Waals surface area contributed by atoms with Crippen LogP contribution >= 0.6 is 11.6 Å². The molecule has 3 heteroatoms. The van der Waals surface area contributed by atoms with Gasteiger partial charge in [-0.2, -0.15) is 0 Å². The van der Waals surface area contributed by atoms with E-state index in [9.17, 15) is 0 Å². The van der Waals surface area contributed by atoms with E-state index < -0.39 is 0 Å². The van der Waals surface area contributed by atoms with Crippen molar-refractivity contribution in [2.75, 3.05) is 26.1 Å². The summed E-state index contributed by atoms with van der Waals surface area (Å²) in [5.41, 5.74) is 1.09. The summed E-state index contributed by atoms with van der Waals surface area (Å²) in [6, 6.07) is 10.4. The van der Waals surface area contributed by atoms with Crippen LogP contribution in [-0.4, -0.2) is 26.1 Å². The molecule has 17 heavy (non-hydrogen) atoms. The number of nitrogens with one attached hydrogen (secondary N) is 1. The molecule has 1 aromatic rings. The van der Waals surface area contributed by atoms with Crippen molar-refractivity contribution in [1.29, 1.82) is 0 Å². The maximum Gasteiger partial charge on any atom is 0.0543 e. The Morgan fingerprint density at radius 1 is 1.24 bits per heavy atom. The summed E-state index contributed by atoms with van der Waals surface area (Å²) in [4.78, 5) is 0. The Morgan fingerprint density at radius 2 is 1.94 bits per heavy atom. The monoisotopic (exact) mass is 255 g/mol. The van der Waals surface area contributed by atoms with Crippen molar-refractivity contribution in [2.24, 2.45) is 0 Å². The van der Waals surface area contributed by atoms with Crippen LogP contribution in [0, 0.1) is 0 Å². The molecule has 0 spiro atoms. The summed E-state index contributed by atoms with van der Waals surface area (Å²) in [6.07, 6.45) is 2.18. The molecule has 0 saturated heterocycles. The third kappa shape index (κ3) is 4.66. The van der Waals surface area contributed by atoms with E-state index in [4.69, 9.17) is 16.3 Å². The lowest BCUT2D eigenvalue weighted by Gasteiger charge is -2.29. The molecule has 0 saturated carbocycles. The van der Waals surface area contributed by atoms with E-state index in [0.717, 1.165) is 26.0 Å². The first-order chi connectivity index (χ1) is 8.23. The topological polar surface area (TPSA) is 21.3 Å². The summed E-state index contributed by atoms with van der Waals surface area (Å²) in [5, 5.41) is 3.53. The zero-order chi connectivity index (χ0) is 12.6. The molecule has 0 aliphatic heterocycles. The zero-order valence-corrected chi connectivity index (χ0v) is 11.5. The average molecular weight is 256 g/mol. The first-order valence-corrected chi connectivity index (χ1v) is 6.62. The van der Waals surface area contributed by atoms with Gasteiger partial charge in [-0.15, -0.1) is 11.6 Å². The molecule has 1 unspecified atom stereocenters. The molecule has 1 aromatic carbocycles. The number of rotatable bonds is 8. The number of ether oxygens (including phenoxy) is 1. The Bertz CT molecular complexity index is 304. The van der Waals surface area contributed by atoms with Crippen molar-refractivity contribution in [3.05, 3.63) is 35.9 Å². The highest BCUT2D eigenvalue weighted by Crippen LogP contribution is 2.21. The van der Waals surface area contributed by atoms with Gasteiger partial charge in [-0.3, -0.25) is 0 Å². The maximum atomic E-state index is 6.10. The Morgan fingerprint density at radius 3 is 2.53 bits per heavy atom. The number of methoxy groups -OCH3 is 1. The van der Waals surface area contributed by atoms with Gasteiger partial charge in [0.25, 0.3) is 0 Å². The van der Waals surface area contributed by atoms with Gasteiger partial charge in [0.1, 0.15) is 0 Å². The molecule has 0 aromatic heterocycles. The van der Waals surface area contributed by atoms with Crippen molar-refractivity contribution in [2.45, 2.75) is 25.3 Å². The SMILES string of the molecule is COCCCCNC(C)(CCl)c1ccccc1. The molecule has 0 fully saturated rings. The lowest BCUT2D eigenvalue weighted by Crippen LogP contribution is -2.41. The first-order valence-electron chi connectivity index (χ1n) is 6.08. The normalized spacial score (nSPS) is 14.5. The molecule has 0 bridgehead atoms. The van der Waals surface area contributed by atoms with Crippen molar-refractivity contribution >= 4 is 11.6 Å². The van der Waals surface area contributed by atoms with Crippen molar-refractivity contribution < 1.29 is 4.74 Å². The highest BCUT2D eigenvalue weighted by atomic mass is 35.5. The second-order valence-electron chi connectivity index (χ2n) is 4.46. The predicted molar refractivity (Wildman–Crippen MR) is 73.6 cm³/mol. The first kappa shape index (κ1) is 14.5. The minimum atomic E-state index is -0.143. The molecule has 0 heterocycles. The van der Waals surface area contributed by atoms with E-state index in [0.29, 0.717) is 5.88 Å². The van der Waals surface area contributed by atoms with E-state index in [1.165, 1.54) is 5.56 Å². The average Bonchev–Trinajstić information content (AvgIpc) is 2.39. The van der Waals surface area contributed by atoms with Crippen LogP contribution in [0.25, 0.3) is 0 Å². The summed E-state index contributed by atoms with van der Waals surface area (Å²) in [7, 11) is 1.74. The second kappa shape index (κ2) is 7.70. The zero-order valence-electron chi connectivity index (χ0n) is 10.7. The number of hydrogen-bond donors (Lipinski definition) is 1. The van der Waals surface area contributed by atoms with Gasteiger partial charge < -0.3 is 10.1 Å². The van der Waals surface area contributed by atoms with Crippen LogP contribution in [0.4, 0.5) is 0 Å². The smallest absolute Gasteiger partial charge is 0.0543 e. The van der Waals surface area contributed by atoms with Crippen molar-refractivity contribution in [3.63, 3.8) is 0 Å². The number of alkyl halides is 1. The predicted octanol–water partition coefficient (Wildman–Crippen LogP) is 3.16. The van der Waals surface area contributed by atoms with Crippen LogP contribution in [-0.2, 0) is 10.3 Å². The summed E-state index contributed by atoms with van der Waals surface area (Å²) in [5.74, 6) is 0.571. The van der Waals surface area contributed by atoms with Gasteiger partial charge in [-0.25, -0.2) is 0 Å². The van der Waals surface area contributed by atoms with Gasteiger partial charge in [-0.05, 0) is 31.9 Å². The largest absolute Gasteiger partial charge is 0.385 e. The summed E-state index contributed by atoms with van der Waals surface area (Å²) in [6.45, 7) is 3.93. The molecule has 1 rings (SSSR count). The van der Waals surface area contributed by atoms with Crippen LogP contribution in [0.3, 0.4) is 0 Å². The lowest BCUT2D eigenvalue weighted by molar-refractivity contribution is 0.191. The molecule has 96 valence electrons. The molecular weight excluding hydrogens is 234 g/mol. The highest BCUT2D eigenvalue weighted by molar-refractivity contribution is 6.18. The van der Waals surface area contributed by atoms with Crippen LogP contribution in [0.5, 0.6) is 0 Å². The quantitative estimate of drug-likeness (QED) is 0.569. The van der Waals surface area contributed by atoms with E-state index in [-0.39, 0.29) is 5.54 Å². The molecule has 1 N–H and O–H groups in total. The highest BCUT2D eigenvalue weighted by Gasteiger charge is 2.23. The third-order valence-corrected chi connectivity index (χ3v) is 3.50. The van der Waals surface area contributed by atoms with E-state index in [2.05, 4.69) is 24.4 Å². The van der Waals surface area contributed by atoms with Crippen LogP contribution in [0.15, 0.2) is 30.3 Å². The van der Waals surface area contributed by atoms with Gasteiger partial charge in [0.15, 0.2) is 0 Å². The van der Waals surface area contributed by atoms with Gasteiger partial charge in [0.05, 0.1) is 5.54 Å². The van der Waals surface area contributed by atoms with Gasteiger partial charge in [0.2, 0.25) is 0 Å². The molecular formula is C14H22ClNO. The number of hydrogen-bond acceptors (Lipinski definition) is 2. The third-order valence-electron chi connectivity index (χ3n) is 2.97. The van der Waals surface area contributed by atoms with E-state index in [1.54, 1.807) is 7.11 Å².